The zero-order valence-electron chi connectivity index (χ0n) is 16.9. The van der Waals surface area contributed by atoms with E-state index in [0.717, 1.165) is 12.2 Å². The van der Waals surface area contributed by atoms with Crippen molar-refractivity contribution in [2.45, 2.75) is 37.9 Å². The number of nitrogens with one attached hydrogen (secondary N) is 1. The van der Waals surface area contributed by atoms with Crippen LogP contribution >= 0.6 is 11.8 Å². The molecule has 1 aromatic heterocycles. The molecule has 1 N–H and O–H groups in total. The number of esters is 1. The van der Waals surface area contributed by atoms with Gasteiger partial charge >= 0.3 is 5.97 Å². The largest absolute Gasteiger partial charge is 0.466 e. The van der Waals surface area contributed by atoms with E-state index < -0.39 is 0 Å². The SMILES string of the molecule is CCOC(=O)Cc1nnc(SCC(=O)Nc2ccc(CN3CCCC3)cc2)n1C. The fraction of sp³-hybridized carbons (Fsp3) is 0.500. The highest BCUT2D eigenvalue weighted by Gasteiger charge is 2.15. The first-order chi connectivity index (χ1) is 14.0. The number of nitrogens with zero attached hydrogens (tertiary/aromatic N) is 4. The van der Waals surface area contributed by atoms with Crippen LogP contribution in [-0.4, -0.2) is 57.0 Å². The van der Waals surface area contributed by atoms with Gasteiger partial charge < -0.3 is 14.6 Å². The van der Waals surface area contributed by atoms with Crippen LogP contribution in [0.1, 0.15) is 31.2 Å². The summed E-state index contributed by atoms with van der Waals surface area (Å²) in [4.78, 5) is 26.3. The van der Waals surface area contributed by atoms with E-state index in [1.54, 1.807) is 18.5 Å². The van der Waals surface area contributed by atoms with Gasteiger partial charge in [0.25, 0.3) is 0 Å². The summed E-state index contributed by atoms with van der Waals surface area (Å²) in [5.74, 6) is 0.267. The molecule has 8 nitrogen and oxygen atoms in total. The van der Waals surface area contributed by atoms with Crippen LogP contribution in [0.5, 0.6) is 0 Å². The molecule has 156 valence electrons. The van der Waals surface area contributed by atoms with Crippen molar-refractivity contribution >= 4 is 29.3 Å². The monoisotopic (exact) mass is 417 g/mol. The predicted octanol–water partition coefficient (Wildman–Crippen LogP) is 2.25. The fourth-order valence-corrected chi connectivity index (χ4v) is 3.92. The first-order valence-electron chi connectivity index (χ1n) is 9.83. The molecule has 0 saturated carbocycles. The maximum atomic E-state index is 12.3. The van der Waals surface area contributed by atoms with Crippen molar-refractivity contribution in [2.24, 2.45) is 7.05 Å². The van der Waals surface area contributed by atoms with Crippen molar-refractivity contribution in [1.82, 2.24) is 19.7 Å². The quantitative estimate of drug-likeness (QED) is 0.494. The van der Waals surface area contributed by atoms with Crippen LogP contribution in [0, 0.1) is 0 Å². The topological polar surface area (TPSA) is 89.3 Å². The molecule has 0 radical (unpaired) electrons. The lowest BCUT2D eigenvalue weighted by atomic mass is 10.2. The zero-order valence-corrected chi connectivity index (χ0v) is 17.7. The molecule has 1 aliphatic rings. The third-order valence-corrected chi connectivity index (χ3v) is 5.73. The van der Waals surface area contributed by atoms with Gasteiger partial charge in [-0.3, -0.25) is 14.5 Å². The number of hydrogen-bond acceptors (Lipinski definition) is 7. The molecule has 1 fully saturated rings. The lowest BCUT2D eigenvalue weighted by Crippen LogP contribution is -2.18. The highest BCUT2D eigenvalue weighted by Crippen LogP contribution is 2.18. The van der Waals surface area contributed by atoms with Crippen molar-refractivity contribution in [3.63, 3.8) is 0 Å². The second kappa shape index (κ2) is 10.4. The number of thioether (sulfide) groups is 1. The van der Waals surface area contributed by atoms with E-state index in [9.17, 15) is 9.59 Å². The minimum absolute atomic E-state index is 0.0634. The van der Waals surface area contributed by atoms with Crippen LogP contribution in [0.15, 0.2) is 29.4 Å². The Morgan fingerprint density at radius 3 is 2.59 bits per heavy atom. The molecule has 2 aromatic rings. The summed E-state index contributed by atoms with van der Waals surface area (Å²) in [6.07, 6.45) is 2.62. The second-order valence-corrected chi connectivity index (χ2v) is 7.90. The van der Waals surface area contributed by atoms with E-state index in [0.29, 0.717) is 17.6 Å². The Bertz CT molecular complexity index is 831. The third kappa shape index (κ3) is 6.30. The summed E-state index contributed by atoms with van der Waals surface area (Å²) < 4.78 is 6.64. The Hall–Kier alpha value is -2.39. The highest BCUT2D eigenvalue weighted by molar-refractivity contribution is 7.99. The number of ether oxygens (including phenoxy) is 1. The number of amides is 1. The van der Waals surface area contributed by atoms with E-state index in [1.807, 2.05) is 12.1 Å². The van der Waals surface area contributed by atoms with Crippen molar-refractivity contribution < 1.29 is 14.3 Å². The molecular formula is C20H27N5O3S. The van der Waals surface area contributed by atoms with Gasteiger partial charge in [0.1, 0.15) is 12.2 Å². The highest BCUT2D eigenvalue weighted by atomic mass is 32.2. The van der Waals surface area contributed by atoms with Crippen LogP contribution in [-0.2, 0) is 34.3 Å². The van der Waals surface area contributed by atoms with Crippen LogP contribution in [0.25, 0.3) is 0 Å². The maximum absolute atomic E-state index is 12.3. The Morgan fingerprint density at radius 2 is 1.90 bits per heavy atom. The normalized spacial score (nSPS) is 14.1. The zero-order chi connectivity index (χ0) is 20.6. The molecule has 0 spiro atoms. The number of carbonyl (C=O) groups is 2. The van der Waals surface area contributed by atoms with Crippen LogP contribution in [0.3, 0.4) is 0 Å². The molecule has 0 aliphatic carbocycles. The molecule has 2 heterocycles. The molecule has 1 amide bonds. The maximum Gasteiger partial charge on any atom is 0.313 e. The Morgan fingerprint density at radius 1 is 1.17 bits per heavy atom. The lowest BCUT2D eigenvalue weighted by Gasteiger charge is -2.14. The van der Waals surface area contributed by atoms with Crippen LogP contribution in [0.2, 0.25) is 0 Å². The molecule has 0 bridgehead atoms. The average Bonchev–Trinajstić information content (AvgIpc) is 3.33. The minimum Gasteiger partial charge on any atom is -0.466 e. The van der Waals surface area contributed by atoms with Gasteiger partial charge in [-0.25, -0.2) is 0 Å². The number of aromatic nitrogens is 3. The first-order valence-corrected chi connectivity index (χ1v) is 10.8. The van der Waals surface area contributed by atoms with E-state index >= 15 is 0 Å². The number of rotatable bonds is 9. The molecule has 1 aromatic carbocycles. The molecule has 1 saturated heterocycles. The van der Waals surface area contributed by atoms with E-state index in [1.165, 1.54) is 43.3 Å². The third-order valence-electron chi connectivity index (χ3n) is 4.71. The number of anilines is 1. The minimum atomic E-state index is -0.342. The standard InChI is InChI=1S/C20H27N5O3S/c1-3-28-19(27)12-17-22-23-20(24(17)2)29-14-18(26)21-16-8-6-15(7-9-16)13-25-10-4-5-11-25/h6-9H,3-5,10-14H2,1-2H3,(H,21,26). The number of benzene rings is 1. The van der Waals surface area contributed by atoms with Gasteiger partial charge in [-0.05, 0) is 50.6 Å². The summed E-state index contributed by atoms with van der Waals surface area (Å²) >= 11 is 1.28. The lowest BCUT2D eigenvalue weighted by molar-refractivity contribution is -0.142. The van der Waals surface area contributed by atoms with E-state index in [-0.39, 0.29) is 24.1 Å². The molecule has 0 unspecified atom stereocenters. The molecule has 1 aliphatic heterocycles. The van der Waals surface area contributed by atoms with Gasteiger partial charge in [0.2, 0.25) is 5.91 Å². The van der Waals surface area contributed by atoms with Gasteiger partial charge in [-0.1, -0.05) is 23.9 Å². The Balaban J connectivity index is 1.46. The first kappa shape index (κ1) is 21.3. The number of hydrogen-bond donors (Lipinski definition) is 1. The smallest absolute Gasteiger partial charge is 0.313 e. The van der Waals surface area contributed by atoms with Crippen molar-refractivity contribution in [2.75, 3.05) is 30.8 Å². The molecule has 29 heavy (non-hydrogen) atoms. The Labute approximate surface area is 175 Å². The summed E-state index contributed by atoms with van der Waals surface area (Å²) in [6.45, 7) is 5.39. The molecule has 3 rings (SSSR count). The fourth-order valence-electron chi connectivity index (χ4n) is 3.19. The molecule has 0 atom stereocenters. The molecular weight excluding hydrogens is 390 g/mol. The van der Waals surface area contributed by atoms with Gasteiger partial charge in [0, 0.05) is 19.3 Å². The summed E-state index contributed by atoms with van der Waals surface area (Å²) in [5.41, 5.74) is 2.04. The van der Waals surface area contributed by atoms with Gasteiger partial charge in [0.05, 0.1) is 12.4 Å². The van der Waals surface area contributed by atoms with E-state index in [4.69, 9.17) is 4.74 Å². The summed E-state index contributed by atoms with van der Waals surface area (Å²) in [6, 6.07) is 8.00. The van der Waals surface area contributed by atoms with Crippen molar-refractivity contribution in [3.05, 3.63) is 35.7 Å². The van der Waals surface area contributed by atoms with Crippen LogP contribution < -0.4 is 5.32 Å². The summed E-state index contributed by atoms with van der Waals surface area (Å²) in [5, 5.41) is 11.5. The second-order valence-electron chi connectivity index (χ2n) is 6.96. The van der Waals surface area contributed by atoms with Crippen LogP contribution in [0.4, 0.5) is 5.69 Å². The average molecular weight is 418 g/mol. The Kier molecular flexibility index (Phi) is 7.65. The van der Waals surface area contributed by atoms with E-state index in [2.05, 4.69) is 32.5 Å². The predicted molar refractivity (Wildman–Crippen MR) is 112 cm³/mol. The van der Waals surface area contributed by atoms with Gasteiger partial charge in [-0.15, -0.1) is 10.2 Å². The summed E-state index contributed by atoms with van der Waals surface area (Å²) in [7, 11) is 1.77. The van der Waals surface area contributed by atoms with Gasteiger partial charge in [0.15, 0.2) is 5.16 Å². The van der Waals surface area contributed by atoms with Crippen molar-refractivity contribution in [3.8, 4) is 0 Å². The van der Waals surface area contributed by atoms with Crippen molar-refractivity contribution in [1.29, 1.82) is 0 Å². The van der Waals surface area contributed by atoms with Gasteiger partial charge in [-0.2, -0.15) is 0 Å². The number of likely N-dealkylation sites (tertiary alicyclic amines) is 1. The number of carbonyl (C=O) groups excluding carboxylic acids is 2. The molecule has 9 heteroatoms.